The molecule has 2 fully saturated rings. The fraction of sp³-hybridized carbons (Fsp3) is 0.500. The van der Waals surface area contributed by atoms with Crippen LogP contribution in [0, 0.1) is 18.8 Å². The van der Waals surface area contributed by atoms with Crippen molar-refractivity contribution in [1.29, 1.82) is 0 Å². The van der Waals surface area contributed by atoms with E-state index < -0.39 is 0 Å². The first-order valence-corrected chi connectivity index (χ1v) is 4.80. The second kappa shape index (κ2) is 1.76. The van der Waals surface area contributed by atoms with Gasteiger partial charge in [-0.05, 0) is 36.2 Å². The number of hydrogen-bond donors (Lipinski definition) is 0. The van der Waals surface area contributed by atoms with Crippen LogP contribution in [0.3, 0.4) is 0 Å². The molecule has 0 amide bonds. The number of rotatable bonds is 1. The molecule has 62 valence electrons. The van der Waals surface area contributed by atoms with E-state index in [-0.39, 0.29) is 0 Å². The van der Waals surface area contributed by atoms with Crippen LogP contribution in [0.25, 0.3) is 0 Å². The molecule has 0 aliphatic heterocycles. The minimum Gasteiger partial charge on any atom is -0.0590 e. The van der Waals surface area contributed by atoms with Crippen molar-refractivity contribution < 1.29 is 0 Å². The molecule has 2 aliphatic carbocycles. The summed E-state index contributed by atoms with van der Waals surface area (Å²) in [5.74, 6) is 2.08. The predicted octanol–water partition coefficient (Wildman–Crippen LogP) is 2.90. The van der Waals surface area contributed by atoms with Crippen molar-refractivity contribution in [3.05, 3.63) is 35.4 Å². The highest BCUT2D eigenvalue weighted by atomic mass is 14.8. The average Bonchev–Trinajstić information content (AvgIpc) is 2.92. The minimum atomic E-state index is 0.591. The lowest BCUT2D eigenvalue weighted by Gasteiger charge is -2.16. The molecule has 0 bridgehead atoms. The summed E-state index contributed by atoms with van der Waals surface area (Å²) in [4.78, 5) is 0. The molecule has 0 N–H and O–H groups in total. The standard InChI is InChI=1S/C12H14/c1-8-3-5-9(6-4-8)12(2)10-7-11(10)12/h3-6,10-11H,7H2,1-2H3. The van der Waals surface area contributed by atoms with Crippen LogP contribution < -0.4 is 0 Å². The van der Waals surface area contributed by atoms with Crippen molar-refractivity contribution in [3.63, 3.8) is 0 Å². The Morgan fingerprint density at radius 2 is 1.75 bits per heavy atom. The summed E-state index contributed by atoms with van der Waals surface area (Å²) in [5, 5.41) is 0. The van der Waals surface area contributed by atoms with Crippen molar-refractivity contribution in [2.75, 3.05) is 0 Å². The first-order valence-electron chi connectivity index (χ1n) is 4.80. The number of hydrogen-bond acceptors (Lipinski definition) is 0. The second-order valence-corrected chi connectivity index (χ2v) is 4.60. The quantitative estimate of drug-likeness (QED) is 0.589. The molecule has 0 radical (unpaired) electrons. The molecule has 0 aromatic heterocycles. The number of benzene rings is 1. The van der Waals surface area contributed by atoms with Gasteiger partial charge in [0.25, 0.3) is 0 Å². The molecule has 2 saturated carbocycles. The summed E-state index contributed by atoms with van der Waals surface area (Å²) in [6, 6.07) is 9.08. The van der Waals surface area contributed by atoms with E-state index in [2.05, 4.69) is 38.1 Å². The van der Waals surface area contributed by atoms with Crippen LogP contribution in [0.1, 0.15) is 24.5 Å². The van der Waals surface area contributed by atoms with Gasteiger partial charge >= 0.3 is 0 Å². The normalized spacial score (nSPS) is 42.2. The summed E-state index contributed by atoms with van der Waals surface area (Å²) in [5.41, 5.74) is 3.53. The zero-order valence-electron chi connectivity index (χ0n) is 7.67. The van der Waals surface area contributed by atoms with E-state index in [1.165, 1.54) is 12.0 Å². The van der Waals surface area contributed by atoms with Gasteiger partial charge in [0, 0.05) is 0 Å². The Bertz CT molecular complexity index is 312. The van der Waals surface area contributed by atoms with E-state index in [1.807, 2.05) is 0 Å². The molecule has 0 spiro atoms. The lowest BCUT2D eigenvalue weighted by atomic mass is 9.88. The maximum absolute atomic E-state index is 2.41. The Morgan fingerprint density at radius 3 is 2.17 bits per heavy atom. The van der Waals surface area contributed by atoms with Crippen LogP contribution in [-0.4, -0.2) is 0 Å². The highest BCUT2D eigenvalue weighted by Gasteiger charge is 2.73. The SMILES string of the molecule is Cc1ccc(C2(C)C3CC32)cc1. The van der Waals surface area contributed by atoms with Gasteiger partial charge in [0.15, 0.2) is 0 Å². The summed E-state index contributed by atoms with van der Waals surface area (Å²) >= 11 is 0. The monoisotopic (exact) mass is 158 g/mol. The third-order valence-electron chi connectivity index (χ3n) is 3.90. The van der Waals surface area contributed by atoms with Crippen LogP contribution in [0.2, 0.25) is 0 Å². The van der Waals surface area contributed by atoms with Crippen LogP contribution >= 0.6 is 0 Å². The molecule has 0 nitrogen and oxygen atoms in total. The maximum atomic E-state index is 2.41. The van der Waals surface area contributed by atoms with E-state index in [9.17, 15) is 0 Å². The van der Waals surface area contributed by atoms with Crippen molar-refractivity contribution in [3.8, 4) is 0 Å². The smallest absolute Gasteiger partial charge is 0.00127 e. The van der Waals surface area contributed by atoms with Gasteiger partial charge in [0.2, 0.25) is 0 Å². The van der Waals surface area contributed by atoms with Gasteiger partial charge in [0.05, 0.1) is 0 Å². The maximum Gasteiger partial charge on any atom is -0.00127 e. The summed E-state index contributed by atoms with van der Waals surface area (Å²) in [6.07, 6.45) is 1.49. The molecular weight excluding hydrogens is 144 g/mol. The van der Waals surface area contributed by atoms with Crippen molar-refractivity contribution in [2.45, 2.75) is 25.7 Å². The zero-order chi connectivity index (χ0) is 8.34. The number of aryl methyl sites for hydroxylation is 1. The predicted molar refractivity (Wildman–Crippen MR) is 50.1 cm³/mol. The van der Waals surface area contributed by atoms with Crippen molar-refractivity contribution >= 4 is 0 Å². The molecule has 1 aromatic rings. The van der Waals surface area contributed by atoms with E-state index in [1.54, 1.807) is 5.56 Å². The van der Waals surface area contributed by atoms with Crippen LogP contribution in [-0.2, 0) is 5.41 Å². The molecule has 0 heterocycles. The first kappa shape index (κ1) is 6.71. The molecule has 0 heteroatoms. The Balaban J connectivity index is 1.98. The molecule has 12 heavy (non-hydrogen) atoms. The van der Waals surface area contributed by atoms with Gasteiger partial charge in [-0.3, -0.25) is 0 Å². The first-order chi connectivity index (χ1) is 5.73. The van der Waals surface area contributed by atoms with E-state index in [0.29, 0.717) is 5.41 Å². The van der Waals surface area contributed by atoms with Gasteiger partial charge in [-0.25, -0.2) is 0 Å². The Kier molecular flexibility index (Phi) is 0.983. The van der Waals surface area contributed by atoms with Crippen LogP contribution in [0.5, 0.6) is 0 Å². The van der Waals surface area contributed by atoms with Gasteiger partial charge in [0.1, 0.15) is 0 Å². The lowest BCUT2D eigenvalue weighted by molar-refractivity contribution is 0.562. The van der Waals surface area contributed by atoms with Crippen molar-refractivity contribution in [2.24, 2.45) is 11.8 Å². The molecular formula is C12H14. The van der Waals surface area contributed by atoms with E-state index >= 15 is 0 Å². The second-order valence-electron chi connectivity index (χ2n) is 4.60. The minimum absolute atomic E-state index is 0.591. The molecule has 2 unspecified atom stereocenters. The van der Waals surface area contributed by atoms with Gasteiger partial charge in [-0.2, -0.15) is 0 Å². The Morgan fingerprint density at radius 1 is 1.17 bits per heavy atom. The zero-order valence-corrected chi connectivity index (χ0v) is 7.67. The molecule has 2 atom stereocenters. The molecule has 3 rings (SSSR count). The summed E-state index contributed by atoms with van der Waals surface area (Å²) in [7, 11) is 0. The van der Waals surface area contributed by atoms with Crippen LogP contribution in [0.4, 0.5) is 0 Å². The van der Waals surface area contributed by atoms with E-state index in [0.717, 1.165) is 11.8 Å². The van der Waals surface area contributed by atoms with Gasteiger partial charge in [-0.1, -0.05) is 36.8 Å². The Hall–Kier alpha value is -0.780. The highest BCUT2D eigenvalue weighted by molar-refractivity contribution is 5.43. The summed E-state index contributed by atoms with van der Waals surface area (Å²) in [6.45, 7) is 4.57. The third kappa shape index (κ3) is 0.639. The molecule has 2 aliphatic rings. The van der Waals surface area contributed by atoms with Crippen LogP contribution in [0.15, 0.2) is 24.3 Å². The molecule has 0 saturated heterocycles. The fourth-order valence-corrected chi connectivity index (χ4v) is 2.56. The number of fused-ring (bicyclic) bond motifs is 1. The fourth-order valence-electron chi connectivity index (χ4n) is 2.56. The molecule has 1 aromatic carbocycles. The topological polar surface area (TPSA) is 0 Å². The average molecular weight is 158 g/mol. The van der Waals surface area contributed by atoms with E-state index in [4.69, 9.17) is 0 Å². The lowest BCUT2D eigenvalue weighted by Crippen LogP contribution is -2.10. The largest absolute Gasteiger partial charge is 0.0590 e. The third-order valence-corrected chi connectivity index (χ3v) is 3.90. The Labute approximate surface area is 73.6 Å². The van der Waals surface area contributed by atoms with Crippen molar-refractivity contribution in [1.82, 2.24) is 0 Å². The van der Waals surface area contributed by atoms with Gasteiger partial charge in [-0.15, -0.1) is 0 Å². The summed E-state index contributed by atoms with van der Waals surface area (Å²) < 4.78 is 0. The van der Waals surface area contributed by atoms with Gasteiger partial charge < -0.3 is 0 Å². The highest BCUT2D eigenvalue weighted by Crippen LogP contribution is 2.77.